The third-order valence-electron chi connectivity index (χ3n) is 3.69. The van der Waals surface area contributed by atoms with Gasteiger partial charge in [0.25, 0.3) is 0 Å². The normalized spacial score (nSPS) is 19.6. The van der Waals surface area contributed by atoms with Crippen molar-refractivity contribution in [2.75, 3.05) is 12.3 Å². The first-order chi connectivity index (χ1) is 8.06. The lowest BCUT2D eigenvalue weighted by molar-refractivity contribution is 0.512. The van der Waals surface area contributed by atoms with E-state index < -0.39 is 9.84 Å². The molecule has 17 heavy (non-hydrogen) atoms. The Bertz CT molecular complexity index is 295. The van der Waals surface area contributed by atoms with Crippen molar-refractivity contribution in [3.8, 4) is 0 Å². The highest BCUT2D eigenvalue weighted by molar-refractivity contribution is 7.92. The Morgan fingerprint density at radius 3 is 2.47 bits per heavy atom. The lowest BCUT2D eigenvalue weighted by Crippen LogP contribution is -2.37. The molecular formula is C13H27NO2S. The van der Waals surface area contributed by atoms with Gasteiger partial charge in [-0.2, -0.15) is 0 Å². The van der Waals surface area contributed by atoms with Crippen molar-refractivity contribution >= 4 is 9.84 Å². The van der Waals surface area contributed by atoms with Gasteiger partial charge in [0.05, 0.1) is 11.0 Å². The standard InChI is InChI=1S/C13H27NO2S/c1-3-4-7-10-17(15,16)12(2)11-14-13-8-5-6-9-13/h12-14H,3-11H2,1-2H3. The summed E-state index contributed by atoms with van der Waals surface area (Å²) >= 11 is 0. The van der Waals surface area contributed by atoms with Crippen LogP contribution >= 0.6 is 0 Å². The number of hydrogen-bond acceptors (Lipinski definition) is 3. The van der Waals surface area contributed by atoms with Crippen LogP contribution in [0.2, 0.25) is 0 Å². The SMILES string of the molecule is CCCCCS(=O)(=O)C(C)CNC1CCCC1. The Labute approximate surface area is 106 Å². The first-order valence-electron chi connectivity index (χ1n) is 7.01. The molecule has 102 valence electrons. The maximum atomic E-state index is 12.0. The van der Waals surface area contributed by atoms with Crippen LogP contribution in [0.25, 0.3) is 0 Å². The van der Waals surface area contributed by atoms with E-state index in [-0.39, 0.29) is 5.25 Å². The molecule has 0 radical (unpaired) electrons. The molecule has 0 bridgehead atoms. The Morgan fingerprint density at radius 1 is 1.24 bits per heavy atom. The highest BCUT2D eigenvalue weighted by atomic mass is 32.2. The summed E-state index contributed by atoms with van der Waals surface area (Å²) in [6, 6.07) is 0.559. The van der Waals surface area contributed by atoms with E-state index in [0.29, 0.717) is 18.3 Å². The minimum atomic E-state index is -2.89. The van der Waals surface area contributed by atoms with Crippen molar-refractivity contribution in [3.05, 3.63) is 0 Å². The van der Waals surface area contributed by atoms with Gasteiger partial charge in [0.15, 0.2) is 9.84 Å². The summed E-state index contributed by atoms with van der Waals surface area (Å²) in [5, 5.41) is 3.16. The smallest absolute Gasteiger partial charge is 0.154 e. The Balaban J connectivity index is 2.26. The van der Waals surface area contributed by atoms with Gasteiger partial charge in [0.2, 0.25) is 0 Å². The van der Waals surface area contributed by atoms with Gasteiger partial charge in [-0.1, -0.05) is 32.6 Å². The van der Waals surface area contributed by atoms with Crippen LogP contribution in [0.4, 0.5) is 0 Å². The molecule has 0 aromatic carbocycles. The van der Waals surface area contributed by atoms with Gasteiger partial charge < -0.3 is 5.32 Å². The third-order valence-corrected chi connectivity index (χ3v) is 5.95. The molecule has 1 unspecified atom stereocenters. The number of hydrogen-bond donors (Lipinski definition) is 1. The lowest BCUT2D eigenvalue weighted by atomic mass is 10.2. The number of nitrogens with one attached hydrogen (secondary N) is 1. The third kappa shape index (κ3) is 5.38. The number of unbranched alkanes of at least 4 members (excludes halogenated alkanes) is 2. The lowest BCUT2D eigenvalue weighted by Gasteiger charge is -2.17. The molecule has 1 aliphatic carbocycles. The molecule has 4 heteroatoms. The first-order valence-corrected chi connectivity index (χ1v) is 8.72. The van der Waals surface area contributed by atoms with Crippen molar-refractivity contribution in [1.29, 1.82) is 0 Å². The number of rotatable bonds is 8. The molecule has 1 saturated carbocycles. The molecule has 3 nitrogen and oxygen atoms in total. The summed E-state index contributed by atoms with van der Waals surface area (Å²) < 4.78 is 23.9. The first kappa shape index (κ1) is 15.0. The predicted molar refractivity (Wildman–Crippen MR) is 73.0 cm³/mol. The van der Waals surface area contributed by atoms with E-state index in [0.717, 1.165) is 19.3 Å². The minimum Gasteiger partial charge on any atom is -0.313 e. The molecule has 0 saturated heterocycles. The van der Waals surface area contributed by atoms with Crippen molar-refractivity contribution in [1.82, 2.24) is 5.32 Å². The number of sulfone groups is 1. The zero-order chi connectivity index (χ0) is 12.7. The molecule has 0 aromatic rings. The van der Waals surface area contributed by atoms with Gasteiger partial charge in [-0.25, -0.2) is 8.42 Å². The van der Waals surface area contributed by atoms with E-state index in [1.165, 1.54) is 25.7 Å². The van der Waals surface area contributed by atoms with Crippen LogP contribution in [-0.2, 0) is 9.84 Å². The topological polar surface area (TPSA) is 46.2 Å². The van der Waals surface area contributed by atoms with E-state index in [4.69, 9.17) is 0 Å². The highest BCUT2D eigenvalue weighted by Gasteiger charge is 2.22. The second-order valence-electron chi connectivity index (χ2n) is 5.27. The van der Waals surface area contributed by atoms with Gasteiger partial charge in [-0.15, -0.1) is 0 Å². The average Bonchev–Trinajstić information content (AvgIpc) is 2.78. The van der Waals surface area contributed by atoms with E-state index in [1.54, 1.807) is 0 Å². The molecule has 1 N–H and O–H groups in total. The molecule has 1 rings (SSSR count). The van der Waals surface area contributed by atoms with E-state index in [2.05, 4.69) is 12.2 Å². The van der Waals surface area contributed by atoms with E-state index in [1.807, 2.05) is 6.92 Å². The zero-order valence-corrected chi connectivity index (χ0v) is 12.1. The maximum Gasteiger partial charge on any atom is 0.154 e. The molecular weight excluding hydrogens is 234 g/mol. The fraction of sp³-hybridized carbons (Fsp3) is 1.00. The summed E-state index contributed by atoms with van der Waals surface area (Å²) in [7, 11) is -2.89. The summed E-state index contributed by atoms with van der Waals surface area (Å²) in [4.78, 5) is 0. The average molecular weight is 261 g/mol. The van der Waals surface area contributed by atoms with Crippen LogP contribution in [0.5, 0.6) is 0 Å². The van der Waals surface area contributed by atoms with E-state index in [9.17, 15) is 8.42 Å². The fourth-order valence-corrected chi connectivity index (χ4v) is 3.70. The van der Waals surface area contributed by atoms with Crippen molar-refractivity contribution in [2.45, 2.75) is 70.1 Å². The van der Waals surface area contributed by atoms with Gasteiger partial charge in [0, 0.05) is 12.6 Å². The Kier molecular flexibility index (Phi) is 6.49. The van der Waals surface area contributed by atoms with Crippen LogP contribution < -0.4 is 5.32 Å². The van der Waals surface area contributed by atoms with Gasteiger partial charge >= 0.3 is 0 Å². The fourth-order valence-electron chi connectivity index (χ4n) is 2.34. The minimum absolute atomic E-state index is 0.236. The summed E-state index contributed by atoms with van der Waals surface area (Å²) in [5.41, 5.74) is 0. The van der Waals surface area contributed by atoms with Crippen LogP contribution in [0, 0.1) is 0 Å². The summed E-state index contributed by atoms with van der Waals surface area (Å²) in [6.45, 7) is 4.56. The van der Waals surface area contributed by atoms with Crippen molar-refractivity contribution in [2.24, 2.45) is 0 Å². The molecule has 0 aliphatic heterocycles. The van der Waals surface area contributed by atoms with Crippen LogP contribution in [-0.4, -0.2) is 32.0 Å². The van der Waals surface area contributed by atoms with Crippen LogP contribution in [0.1, 0.15) is 58.8 Å². The van der Waals surface area contributed by atoms with Gasteiger partial charge in [-0.3, -0.25) is 0 Å². The molecule has 0 aromatic heterocycles. The van der Waals surface area contributed by atoms with Crippen LogP contribution in [0.3, 0.4) is 0 Å². The van der Waals surface area contributed by atoms with Gasteiger partial charge in [-0.05, 0) is 26.2 Å². The maximum absolute atomic E-state index is 12.0. The summed E-state index contributed by atoms with van der Waals surface area (Å²) in [6.07, 6.45) is 7.90. The molecule has 0 amide bonds. The molecule has 0 spiro atoms. The highest BCUT2D eigenvalue weighted by Crippen LogP contribution is 2.18. The second-order valence-corrected chi connectivity index (χ2v) is 7.81. The van der Waals surface area contributed by atoms with Crippen LogP contribution in [0.15, 0.2) is 0 Å². The second kappa shape index (κ2) is 7.37. The van der Waals surface area contributed by atoms with Crippen molar-refractivity contribution in [3.63, 3.8) is 0 Å². The van der Waals surface area contributed by atoms with Gasteiger partial charge in [0.1, 0.15) is 0 Å². The van der Waals surface area contributed by atoms with Crippen molar-refractivity contribution < 1.29 is 8.42 Å². The molecule has 1 fully saturated rings. The zero-order valence-electron chi connectivity index (χ0n) is 11.2. The molecule has 1 aliphatic rings. The Hall–Kier alpha value is -0.0900. The summed E-state index contributed by atoms with van der Waals surface area (Å²) in [5.74, 6) is 0.356. The molecule has 1 atom stereocenters. The largest absolute Gasteiger partial charge is 0.313 e. The monoisotopic (exact) mass is 261 g/mol. The molecule has 0 heterocycles. The van der Waals surface area contributed by atoms with E-state index >= 15 is 0 Å². The quantitative estimate of drug-likeness (QED) is 0.683. The Morgan fingerprint density at radius 2 is 1.88 bits per heavy atom. The predicted octanol–water partition coefficient (Wildman–Crippen LogP) is 2.51.